The molecular formula is C13H20N2O3. The largest absolute Gasteiger partial charge is 0.480 e. The van der Waals surface area contributed by atoms with Gasteiger partial charge in [0, 0.05) is 13.6 Å². The van der Waals surface area contributed by atoms with Crippen molar-refractivity contribution < 1.29 is 14.7 Å². The minimum Gasteiger partial charge on any atom is -0.480 e. The van der Waals surface area contributed by atoms with E-state index in [-0.39, 0.29) is 12.6 Å². The first kappa shape index (κ1) is 14.4. The Morgan fingerprint density at radius 2 is 2.06 bits per heavy atom. The number of carboxylic acids is 1. The predicted octanol–water partition coefficient (Wildman–Crippen LogP) is 1.39. The Balaban J connectivity index is 2.80. The number of aliphatic carboxylic acids is 1. The second kappa shape index (κ2) is 6.90. The average molecular weight is 252 g/mol. The second-order valence-corrected chi connectivity index (χ2v) is 4.59. The summed E-state index contributed by atoms with van der Waals surface area (Å²) in [5.41, 5.74) is 0. The van der Waals surface area contributed by atoms with Crippen LogP contribution in [0.3, 0.4) is 0 Å². The molecule has 0 radical (unpaired) electrons. The third-order valence-corrected chi connectivity index (χ3v) is 3.19. The zero-order chi connectivity index (χ0) is 13.5. The van der Waals surface area contributed by atoms with E-state index in [1.807, 2.05) is 0 Å². The van der Waals surface area contributed by atoms with Crippen LogP contribution in [-0.4, -0.2) is 53.1 Å². The first-order valence-corrected chi connectivity index (χ1v) is 6.26. The van der Waals surface area contributed by atoms with E-state index in [0.717, 1.165) is 25.7 Å². The van der Waals surface area contributed by atoms with Crippen molar-refractivity contribution in [2.45, 2.75) is 38.1 Å². The van der Waals surface area contributed by atoms with Gasteiger partial charge < -0.3 is 14.9 Å². The zero-order valence-electron chi connectivity index (χ0n) is 10.8. The number of carbonyl (C=O) groups is 2. The highest BCUT2D eigenvalue weighted by Crippen LogP contribution is 2.18. The van der Waals surface area contributed by atoms with Crippen LogP contribution in [0.4, 0.5) is 4.79 Å². The summed E-state index contributed by atoms with van der Waals surface area (Å²) in [6, 6.07) is -1.01. The molecule has 1 aliphatic rings. The summed E-state index contributed by atoms with van der Waals surface area (Å²) in [4.78, 5) is 26.3. The lowest BCUT2D eigenvalue weighted by Gasteiger charge is -2.33. The Kier molecular flexibility index (Phi) is 5.50. The van der Waals surface area contributed by atoms with Crippen LogP contribution in [0.2, 0.25) is 0 Å². The predicted molar refractivity (Wildman–Crippen MR) is 68.1 cm³/mol. The maximum atomic E-state index is 12.2. The molecule has 0 bridgehead atoms. The number of terminal acetylenes is 1. The standard InChI is InChI=1S/C13H20N2O3/c1-3-9-14(2)13(18)15-10-7-5-4-6-8-11(15)12(16)17/h1,11H,4-10H2,2H3,(H,16,17). The van der Waals surface area contributed by atoms with Gasteiger partial charge in [0.1, 0.15) is 6.04 Å². The van der Waals surface area contributed by atoms with Gasteiger partial charge in [-0.3, -0.25) is 0 Å². The lowest BCUT2D eigenvalue weighted by atomic mass is 10.0. The quantitative estimate of drug-likeness (QED) is 0.755. The fourth-order valence-electron chi connectivity index (χ4n) is 2.19. The summed E-state index contributed by atoms with van der Waals surface area (Å²) < 4.78 is 0. The Morgan fingerprint density at radius 1 is 1.39 bits per heavy atom. The fraction of sp³-hybridized carbons (Fsp3) is 0.692. The van der Waals surface area contributed by atoms with Gasteiger partial charge in [0.15, 0.2) is 0 Å². The van der Waals surface area contributed by atoms with E-state index in [4.69, 9.17) is 6.42 Å². The molecule has 100 valence electrons. The smallest absolute Gasteiger partial charge is 0.326 e. The van der Waals surface area contributed by atoms with Crippen LogP contribution in [0.25, 0.3) is 0 Å². The third-order valence-electron chi connectivity index (χ3n) is 3.19. The van der Waals surface area contributed by atoms with Crippen LogP contribution in [0.5, 0.6) is 0 Å². The van der Waals surface area contributed by atoms with Crippen molar-refractivity contribution in [3.8, 4) is 12.3 Å². The monoisotopic (exact) mass is 252 g/mol. The van der Waals surface area contributed by atoms with Crippen LogP contribution in [0.15, 0.2) is 0 Å². The summed E-state index contributed by atoms with van der Waals surface area (Å²) in [6.45, 7) is 0.687. The van der Waals surface area contributed by atoms with Gasteiger partial charge in [-0.05, 0) is 12.8 Å². The van der Waals surface area contributed by atoms with Crippen molar-refractivity contribution in [2.75, 3.05) is 20.1 Å². The number of carbonyl (C=O) groups excluding carboxylic acids is 1. The Labute approximate surface area is 108 Å². The molecule has 1 atom stereocenters. The first-order chi connectivity index (χ1) is 8.57. The second-order valence-electron chi connectivity index (χ2n) is 4.59. The van der Waals surface area contributed by atoms with Crippen molar-refractivity contribution in [2.24, 2.45) is 0 Å². The van der Waals surface area contributed by atoms with Gasteiger partial charge in [-0.15, -0.1) is 6.42 Å². The number of urea groups is 1. The maximum Gasteiger partial charge on any atom is 0.326 e. The normalized spacial score (nSPS) is 20.4. The molecule has 1 fully saturated rings. The van der Waals surface area contributed by atoms with Crippen molar-refractivity contribution in [1.82, 2.24) is 9.80 Å². The molecule has 5 heteroatoms. The van der Waals surface area contributed by atoms with E-state index in [1.54, 1.807) is 7.05 Å². The lowest BCUT2D eigenvalue weighted by Crippen LogP contribution is -2.51. The van der Waals surface area contributed by atoms with Gasteiger partial charge in [-0.25, -0.2) is 9.59 Å². The first-order valence-electron chi connectivity index (χ1n) is 6.26. The maximum absolute atomic E-state index is 12.2. The summed E-state index contributed by atoms with van der Waals surface area (Å²) in [7, 11) is 1.60. The zero-order valence-corrected chi connectivity index (χ0v) is 10.8. The molecule has 1 aliphatic heterocycles. The topological polar surface area (TPSA) is 60.9 Å². The minimum atomic E-state index is -0.931. The van der Waals surface area contributed by atoms with E-state index in [0.29, 0.717) is 13.0 Å². The minimum absolute atomic E-state index is 0.196. The molecule has 1 unspecified atom stereocenters. The number of hydrogen-bond acceptors (Lipinski definition) is 2. The fourth-order valence-corrected chi connectivity index (χ4v) is 2.19. The molecule has 1 saturated heterocycles. The van der Waals surface area contributed by atoms with Gasteiger partial charge in [-0.1, -0.05) is 25.2 Å². The highest BCUT2D eigenvalue weighted by Gasteiger charge is 2.31. The van der Waals surface area contributed by atoms with Gasteiger partial charge in [-0.2, -0.15) is 0 Å². The lowest BCUT2D eigenvalue weighted by molar-refractivity contribution is -0.142. The molecule has 1 heterocycles. The van der Waals surface area contributed by atoms with E-state index in [2.05, 4.69) is 5.92 Å². The number of carboxylic acid groups (broad SMARTS) is 1. The van der Waals surface area contributed by atoms with Crippen LogP contribution >= 0.6 is 0 Å². The molecular weight excluding hydrogens is 232 g/mol. The van der Waals surface area contributed by atoms with Crippen molar-refractivity contribution >= 4 is 12.0 Å². The Hall–Kier alpha value is -1.70. The van der Waals surface area contributed by atoms with Crippen LogP contribution in [-0.2, 0) is 4.79 Å². The molecule has 0 aromatic carbocycles. The van der Waals surface area contributed by atoms with E-state index in [1.165, 1.54) is 9.80 Å². The number of likely N-dealkylation sites (tertiary alicyclic amines) is 1. The molecule has 18 heavy (non-hydrogen) atoms. The number of nitrogens with zero attached hydrogens (tertiary/aromatic N) is 2. The summed E-state index contributed by atoms with van der Waals surface area (Å²) in [6.07, 6.45) is 9.45. The summed E-state index contributed by atoms with van der Waals surface area (Å²) in [5.74, 6) is 1.46. The number of rotatable bonds is 2. The third kappa shape index (κ3) is 3.66. The van der Waals surface area contributed by atoms with Crippen LogP contribution in [0, 0.1) is 12.3 Å². The number of hydrogen-bond donors (Lipinski definition) is 1. The molecule has 5 nitrogen and oxygen atoms in total. The van der Waals surface area contributed by atoms with Gasteiger partial charge >= 0.3 is 12.0 Å². The summed E-state index contributed by atoms with van der Waals surface area (Å²) in [5, 5.41) is 9.23. The van der Waals surface area contributed by atoms with E-state index < -0.39 is 12.0 Å². The molecule has 0 spiro atoms. The molecule has 0 aliphatic carbocycles. The molecule has 1 rings (SSSR count). The molecule has 0 aromatic rings. The van der Waals surface area contributed by atoms with Gasteiger partial charge in [0.2, 0.25) is 0 Å². The van der Waals surface area contributed by atoms with E-state index >= 15 is 0 Å². The van der Waals surface area contributed by atoms with Crippen molar-refractivity contribution in [3.05, 3.63) is 0 Å². The highest BCUT2D eigenvalue weighted by molar-refractivity contribution is 5.82. The average Bonchev–Trinajstić information content (AvgIpc) is 2.27. The van der Waals surface area contributed by atoms with E-state index in [9.17, 15) is 14.7 Å². The Bertz CT molecular complexity index is 349. The SMILES string of the molecule is C#CCN(C)C(=O)N1CCCCCCC1C(=O)O. The Morgan fingerprint density at radius 3 is 2.67 bits per heavy atom. The summed E-state index contributed by atoms with van der Waals surface area (Å²) >= 11 is 0. The van der Waals surface area contributed by atoms with Gasteiger partial charge in [0.05, 0.1) is 6.54 Å². The van der Waals surface area contributed by atoms with Crippen LogP contribution in [0.1, 0.15) is 32.1 Å². The molecule has 1 N–H and O–H groups in total. The van der Waals surface area contributed by atoms with Crippen molar-refractivity contribution in [3.63, 3.8) is 0 Å². The number of amides is 2. The molecule has 2 amide bonds. The van der Waals surface area contributed by atoms with Crippen molar-refractivity contribution in [1.29, 1.82) is 0 Å². The highest BCUT2D eigenvalue weighted by atomic mass is 16.4. The van der Waals surface area contributed by atoms with Gasteiger partial charge in [0.25, 0.3) is 0 Å². The molecule has 0 saturated carbocycles. The molecule has 0 aromatic heterocycles. The van der Waals surface area contributed by atoms with Crippen LogP contribution < -0.4 is 0 Å².